The van der Waals surface area contributed by atoms with Crippen molar-refractivity contribution in [1.82, 2.24) is 10.3 Å². The Bertz CT molecular complexity index is 665. The third kappa shape index (κ3) is 4.14. The fraction of sp³-hybridized carbons (Fsp3) is 0.312. The number of benzene rings is 1. The molecular formula is C16H17N3O2S. The van der Waals surface area contributed by atoms with Crippen LogP contribution in [0.1, 0.15) is 35.3 Å². The van der Waals surface area contributed by atoms with Gasteiger partial charge in [0, 0.05) is 23.4 Å². The zero-order chi connectivity index (χ0) is 15.4. The van der Waals surface area contributed by atoms with Crippen LogP contribution in [0.15, 0.2) is 35.7 Å². The molecular weight excluding hydrogens is 298 g/mol. The van der Waals surface area contributed by atoms with E-state index >= 15 is 0 Å². The maximum Gasteiger partial charge on any atom is 0.257 e. The monoisotopic (exact) mass is 315 g/mol. The Kier molecular flexibility index (Phi) is 4.48. The summed E-state index contributed by atoms with van der Waals surface area (Å²) < 4.78 is 0. The molecule has 22 heavy (non-hydrogen) atoms. The Hall–Kier alpha value is -2.21. The Morgan fingerprint density at radius 1 is 1.23 bits per heavy atom. The van der Waals surface area contributed by atoms with Gasteiger partial charge in [0.1, 0.15) is 0 Å². The molecule has 1 aromatic carbocycles. The highest BCUT2D eigenvalue weighted by molar-refractivity contribution is 7.14. The van der Waals surface area contributed by atoms with Crippen LogP contribution in [0.4, 0.5) is 5.13 Å². The molecule has 2 amide bonds. The maximum absolute atomic E-state index is 12.0. The summed E-state index contributed by atoms with van der Waals surface area (Å²) in [5, 5.41) is 8.17. The molecule has 1 aromatic heterocycles. The van der Waals surface area contributed by atoms with Crippen LogP contribution < -0.4 is 10.6 Å². The molecule has 1 saturated carbocycles. The van der Waals surface area contributed by atoms with E-state index in [-0.39, 0.29) is 11.8 Å². The van der Waals surface area contributed by atoms with E-state index in [1.54, 1.807) is 12.1 Å². The van der Waals surface area contributed by atoms with E-state index in [2.05, 4.69) is 15.6 Å². The second-order valence-electron chi connectivity index (χ2n) is 5.31. The molecule has 2 N–H and O–H groups in total. The lowest BCUT2D eigenvalue weighted by Gasteiger charge is -2.02. The van der Waals surface area contributed by atoms with Crippen LogP contribution in [0.5, 0.6) is 0 Å². The molecule has 0 radical (unpaired) electrons. The second kappa shape index (κ2) is 6.70. The molecule has 0 atom stereocenters. The molecule has 1 heterocycles. The van der Waals surface area contributed by atoms with Gasteiger partial charge in [-0.3, -0.25) is 14.9 Å². The maximum atomic E-state index is 12.0. The third-order valence-electron chi connectivity index (χ3n) is 3.36. The van der Waals surface area contributed by atoms with Crippen molar-refractivity contribution in [3.63, 3.8) is 0 Å². The van der Waals surface area contributed by atoms with Gasteiger partial charge in [0.15, 0.2) is 5.13 Å². The Balaban J connectivity index is 1.50. The molecule has 1 fully saturated rings. The van der Waals surface area contributed by atoms with Crippen LogP contribution in [0.25, 0.3) is 0 Å². The zero-order valence-corrected chi connectivity index (χ0v) is 12.9. The average Bonchev–Trinajstić information content (AvgIpc) is 3.23. The quantitative estimate of drug-likeness (QED) is 0.861. The molecule has 5 nitrogen and oxygen atoms in total. The molecule has 0 saturated heterocycles. The smallest absolute Gasteiger partial charge is 0.257 e. The lowest BCUT2D eigenvalue weighted by molar-refractivity contribution is -0.121. The van der Waals surface area contributed by atoms with E-state index in [1.807, 2.05) is 23.6 Å². The lowest BCUT2D eigenvalue weighted by atomic mass is 10.2. The molecule has 6 heteroatoms. The number of nitrogens with zero attached hydrogens (tertiary/aromatic N) is 1. The number of hydrogen-bond donors (Lipinski definition) is 2. The van der Waals surface area contributed by atoms with Gasteiger partial charge in [-0.2, -0.15) is 0 Å². The van der Waals surface area contributed by atoms with Gasteiger partial charge in [-0.05, 0) is 31.4 Å². The molecule has 0 bridgehead atoms. The summed E-state index contributed by atoms with van der Waals surface area (Å²) in [6.07, 6.45) is 3.22. The topological polar surface area (TPSA) is 71.1 Å². The molecule has 1 aliphatic rings. The van der Waals surface area contributed by atoms with Crippen molar-refractivity contribution in [3.8, 4) is 0 Å². The van der Waals surface area contributed by atoms with Gasteiger partial charge in [-0.15, -0.1) is 11.3 Å². The van der Waals surface area contributed by atoms with Crippen molar-refractivity contribution in [2.45, 2.75) is 31.7 Å². The van der Waals surface area contributed by atoms with Crippen molar-refractivity contribution < 1.29 is 9.59 Å². The highest BCUT2D eigenvalue weighted by atomic mass is 32.1. The second-order valence-corrected chi connectivity index (χ2v) is 6.16. The molecule has 1 aliphatic carbocycles. The SMILES string of the molecule is O=C(CCc1csc(NC(=O)c2ccccc2)n1)NC1CC1. The number of nitrogens with one attached hydrogen (secondary N) is 2. The first-order chi connectivity index (χ1) is 10.7. The van der Waals surface area contributed by atoms with Crippen LogP contribution in [0, 0.1) is 0 Å². The summed E-state index contributed by atoms with van der Waals surface area (Å²) in [5.74, 6) is -0.0988. The Morgan fingerprint density at radius 3 is 2.73 bits per heavy atom. The molecule has 2 aromatic rings. The van der Waals surface area contributed by atoms with Gasteiger partial charge in [0.05, 0.1) is 5.69 Å². The van der Waals surface area contributed by atoms with E-state index in [4.69, 9.17) is 0 Å². The summed E-state index contributed by atoms with van der Waals surface area (Å²) in [5.41, 5.74) is 1.43. The largest absolute Gasteiger partial charge is 0.353 e. The highest BCUT2D eigenvalue weighted by Gasteiger charge is 2.22. The molecule has 0 spiro atoms. The first kappa shape index (κ1) is 14.7. The average molecular weight is 315 g/mol. The normalized spacial score (nSPS) is 13.6. The van der Waals surface area contributed by atoms with Gasteiger partial charge in [-0.1, -0.05) is 18.2 Å². The van der Waals surface area contributed by atoms with Crippen molar-refractivity contribution >= 4 is 28.3 Å². The summed E-state index contributed by atoms with van der Waals surface area (Å²) in [6, 6.07) is 9.41. The lowest BCUT2D eigenvalue weighted by Crippen LogP contribution is -2.25. The van der Waals surface area contributed by atoms with E-state index in [1.165, 1.54) is 11.3 Å². The van der Waals surface area contributed by atoms with Crippen LogP contribution in [0.3, 0.4) is 0 Å². The van der Waals surface area contributed by atoms with Crippen molar-refractivity contribution in [2.75, 3.05) is 5.32 Å². The van der Waals surface area contributed by atoms with Gasteiger partial charge < -0.3 is 5.32 Å². The molecule has 0 aliphatic heterocycles. The number of carbonyl (C=O) groups is 2. The number of aryl methyl sites for hydroxylation is 1. The summed E-state index contributed by atoms with van der Waals surface area (Å²) in [6.45, 7) is 0. The minimum atomic E-state index is -0.173. The first-order valence-corrected chi connectivity index (χ1v) is 8.19. The number of carbonyl (C=O) groups excluding carboxylic acids is 2. The van der Waals surface area contributed by atoms with Crippen molar-refractivity contribution in [3.05, 3.63) is 47.0 Å². The predicted molar refractivity (Wildman–Crippen MR) is 86.0 cm³/mol. The van der Waals surface area contributed by atoms with E-state index in [0.29, 0.717) is 29.6 Å². The number of aromatic nitrogens is 1. The third-order valence-corrected chi connectivity index (χ3v) is 4.17. The minimum Gasteiger partial charge on any atom is -0.353 e. The van der Waals surface area contributed by atoms with Crippen molar-refractivity contribution in [1.29, 1.82) is 0 Å². The van der Waals surface area contributed by atoms with E-state index < -0.39 is 0 Å². The van der Waals surface area contributed by atoms with E-state index in [0.717, 1.165) is 18.5 Å². The fourth-order valence-corrected chi connectivity index (χ4v) is 2.75. The Labute approximate surface area is 132 Å². The van der Waals surface area contributed by atoms with Crippen LogP contribution in [0.2, 0.25) is 0 Å². The first-order valence-electron chi connectivity index (χ1n) is 7.31. The van der Waals surface area contributed by atoms with E-state index in [9.17, 15) is 9.59 Å². The van der Waals surface area contributed by atoms with Gasteiger partial charge in [0.2, 0.25) is 5.91 Å². The van der Waals surface area contributed by atoms with Gasteiger partial charge in [-0.25, -0.2) is 4.98 Å². The number of rotatable bonds is 6. The molecule has 114 valence electrons. The number of anilines is 1. The van der Waals surface area contributed by atoms with Crippen LogP contribution in [-0.4, -0.2) is 22.8 Å². The van der Waals surface area contributed by atoms with Gasteiger partial charge >= 0.3 is 0 Å². The standard InChI is InChI=1S/C16H17N3O2S/c20-14(17-12-6-7-12)9-8-13-10-22-16(18-13)19-15(21)11-4-2-1-3-5-11/h1-5,10,12H,6-9H2,(H,17,20)(H,18,19,21). The van der Waals surface area contributed by atoms with Crippen LogP contribution >= 0.6 is 11.3 Å². The van der Waals surface area contributed by atoms with Gasteiger partial charge in [0.25, 0.3) is 5.91 Å². The summed E-state index contributed by atoms with van der Waals surface area (Å²) >= 11 is 1.38. The molecule has 0 unspecified atom stereocenters. The minimum absolute atomic E-state index is 0.0744. The van der Waals surface area contributed by atoms with Crippen LogP contribution in [-0.2, 0) is 11.2 Å². The Morgan fingerprint density at radius 2 is 2.00 bits per heavy atom. The predicted octanol–water partition coefficient (Wildman–Crippen LogP) is 2.61. The summed E-state index contributed by atoms with van der Waals surface area (Å²) in [7, 11) is 0. The van der Waals surface area contributed by atoms with Crippen molar-refractivity contribution in [2.24, 2.45) is 0 Å². The summed E-state index contributed by atoms with van der Waals surface area (Å²) in [4.78, 5) is 28.0. The number of amides is 2. The molecule has 3 rings (SSSR count). The number of hydrogen-bond acceptors (Lipinski definition) is 4. The zero-order valence-electron chi connectivity index (χ0n) is 12.0. The number of thiazole rings is 1. The highest BCUT2D eigenvalue weighted by Crippen LogP contribution is 2.20. The fourth-order valence-electron chi connectivity index (χ4n) is 2.01.